The number of hydrogen-bond donors (Lipinski definition) is 1. The first-order valence-corrected chi connectivity index (χ1v) is 9.07. The van der Waals surface area contributed by atoms with Crippen LogP contribution >= 0.6 is 0 Å². The lowest BCUT2D eigenvalue weighted by atomic mass is 9.69. The second-order valence-corrected chi connectivity index (χ2v) is 8.07. The molecule has 0 aromatic rings. The van der Waals surface area contributed by atoms with Crippen molar-refractivity contribution >= 4 is 0 Å². The molecule has 0 amide bonds. The van der Waals surface area contributed by atoms with Gasteiger partial charge in [0.25, 0.3) is 0 Å². The molecule has 0 spiro atoms. The second-order valence-electron chi connectivity index (χ2n) is 8.07. The highest BCUT2D eigenvalue weighted by atomic mass is 16.3. The SMILES string of the molecule is CC1CCC(CO)(CN2CCC[C@H]3CCCC[C@H]32)CC1. The molecular weight excluding hydrogens is 246 g/mol. The minimum Gasteiger partial charge on any atom is -0.396 e. The Hall–Kier alpha value is -0.0800. The first-order chi connectivity index (χ1) is 9.72. The van der Waals surface area contributed by atoms with Crippen molar-refractivity contribution in [3.8, 4) is 0 Å². The standard InChI is InChI=1S/C18H33NO/c1-15-8-10-18(14-20,11-9-15)13-19-12-4-6-16-5-2-3-7-17(16)19/h15-17,20H,2-14H2,1H3/t15?,16-,17-,18?/m1/s1. The molecule has 3 aliphatic rings. The van der Waals surface area contributed by atoms with Crippen LogP contribution in [0.2, 0.25) is 0 Å². The van der Waals surface area contributed by atoms with E-state index in [1.54, 1.807) is 0 Å². The maximum absolute atomic E-state index is 10.0. The average molecular weight is 279 g/mol. The normalized spacial score (nSPS) is 43.2. The van der Waals surface area contributed by atoms with Gasteiger partial charge in [-0.05, 0) is 56.9 Å². The maximum atomic E-state index is 10.0. The van der Waals surface area contributed by atoms with Crippen LogP contribution in [-0.4, -0.2) is 35.7 Å². The number of likely N-dealkylation sites (tertiary alicyclic amines) is 1. The Bertz CT molecular complexity index is 307. The van der Waals surface area contributed by atoms with E-state index in [1.165, 1.54) is 77.3 Å². The van der Waals surface area contributed by atoms with E-state index >= 15 is 0 Å². The molecule has 3 rings (SSSR count). The van der Waals surface area contributed by atoms with Crippen LogP contribution in [0.5, 0.6) is 0 Å². The third kappa shape index (κ3) is 3.06. The van der Waals surface area contributed by atoms with E-state index in [9.17, 15) is 5.11 Å². The van der Waals surface area contributed by atoms with Crippen LogP contribution in [0.1, 0.15) is 71.1 Å². The lowest BCUT2D eigenvalue weighted by Crippen LogP contribution is -2.52. The zero-order valence-corrected chi connectivity index (χ0v) is 13.3. The molecule has 2 aliphatic carbocycles. The van der Waals surface area contributed by atoms with Crippen molar-refractivity contribution in [2.45, 2.75) is 77.2 Å². The molecule has 0 bridgehead atoms. The molecule has 2 heteroatoms. The number of nitrogens with zero attached hydrogens (tertiary/aromatic N) is 1. The highest BCUT2D eigenvalue weighted by Crippen LogP contribution is 2.42. The average Bonchev–Trinajstić information content (AvgIpc) is 2.50. The Balaban J connectivity index is 1.65. The summed E-state index contributed by atoms with van der Waals surface area (Å²) < 4.78 is 0. The summed E-state index contributed by atoms with van der Waals surface area (Å²) in [7, 11) is 0. The van der Waals surface area contributed by atoms with Crippen LogP contribution in [0.25, 0.3) is 0 Å². The van der Waals surface area contributed by atoms with Gasteiger partial charge in [-0.3, -0.25) is 4.90 Å². The molecule has 1 aliphatic heterocycles. The summed E-state index contributed by atoms with van der Waals surface area (Å²) in [5, 5.41) is 10.0. The van der Waals surface area contributed by atoms with E-state index in [2.05, 4.69) is 11.8 Å². The monoisotopic (exact) mass is 279 g/mol. The van der Waals surface area contributed by atoms with Crippen molar-refractivity contribution in [2.75, 3.05) is 19.7 Å². The van der Waals surface area contributed by atoms with Crippen LogP contribution in [0.15, 0.2) is 0 Å². The molecular formula is C18H33NO. The molecule has 2 atom stereocenters. The fraction of sp³-hybridized carbons (Fsp3) is 1.00. The molecule has 0 aromatic carbocycles. The highest BCUT2D eigenvalue weighted by molar-refractivity contribution is 4.93. The maximum Gasteiger partial charge on any atom is 0.0499 e. The van der Waals surface area contributed by atoms with Crippen molar-refractivity contribution in [1.29, 1.82) is 0 Å². The minimum absolute atomic E-state index is 0.228. The summed E-state index contributed by atoms with van der Waals surface area (Å²) in [5.41, 5.74) is 0.228. The van der Waals surface area contributed by atoms with Gasteiger partial charge in [0, 0.05) is 24.6 Å². The predicted molar refractivity (Wildman–Crippen MR) is 83.7 cm³/mol. The minimum atomic E-state index is 0.228. The fourth-order valence-electron chi connectivity index (χ4n) is 5.10. The Morgan fingerprint density at radius 2 is 1.70 bits per heavy atom. The summed E-state index contributed by atoms with van der Waals surface area (Å²) in [4.78, 5) is 2.79. The van der Waals surface area contributed by atoms with Gasteiger partial charge in [-0.25, -0.2) is 0 Å². The Morgan fingerprint density at radius 3 is 2.45 bits per heavy atom. The largest absolute Gasteiger partial charge is 0.396 e. The summed E-state index contributed by atoms with van der Waals surface area (Å²) in [6, 6.07) is 0.847. The zero-order valence-electron chi connectivity index (χ0n) is 13.3. The molecule has 2 saturated carbocycles. The molecule has 20 heavy (non-hydrogen) atoms. The predicted octanol–water partition coefficient (Wildman–Crippen LogP) is 3.83. The van der Waals surface area contributed by atoms with Crippen LogP contribution in [0.4, 0.5) is 0 Å². The van der Waals surface area contributed by atoms with Gasteiger partial charge in [-0.2, -0.15) is 0 Å². The molecule has 2 nitrogen and oxygen atoms in total. The quantitative estimate of drug-likeness (QED) is 0.848. The first kappa shape index (κ1) is 14.8. The first-order valence-electron chi connectivity index (χ1n) is 9.07. The van der Waals surface area contributed by atoms with Gasteiger partial charge in [-0.1, -0.05) is 32.6 Å². The topological polar surface area (TPSA) is 23.5 Å². The molecule has 1 heterocycles. The molecule has 0 unspecified atom stereocenters. The molecule has 1 N–H and O–H groups in total. The summed E-state index contributed by atoms with van der Waals surface area (Å²) >= 11 is 0. The molecule has 1 saturated heterocycles. The van der Waals surface area contributed by atoms with Gasteiger partial charge in [0.15, 0.2) is 0 Å². The number of piperidine rings is 1. The second kappa shape index (κ2) is 6.36. The van der Waals surface area contributed by atoms with E-state index in [0.717, 1.165) is 17.9 Å². The summed E-state index contributed by atoms with van der Waals surface area (Å²) in [5.74, 6) is 1.84. The lowest BCUT2D eigenvalue weighted by molar-refractivity contribution is -0.0191. The van der Waals surface area contributed by atoms with Crippen molar-refractivity contribution in [3.05, 3.63) is 0 Å². The van der Waals surface area contributed by atoms with Gasteiger partial charge in [0.05, 0.1) is 0 Å². The number of hydrogen-bond acceptors (Lipinski definition) is 2. The van der Waals surface area contributed by atoms with Gasteiger partial charge in [0.1, 0.15) is 0 Å². The van der Waals surface area contributed by atoms with Crippen molar-refractivity contribution in [3.63, 3.8) is 0 Å². The number of aliphatic hydroxyl groups excluding tert-OH is 1. The molecule has 0 aromatic heterocycles. The molecule has 116 valence electrons. The summed E-state index contributed by atoms with van der Waals surface area (Å²) in [6.07, 6.45) is 13.8. The Labute approximate surface area is 124 Å². The van der Waals surface area contributed by atoms with Gasteiger partial charge in [-0.15, -0.1) is 0 Å². The molecule has 3 fully saturated rings. The number of fused-ring (bicyclic) bond motifs is 1. The summed E-state index contributed by atoms with van der Waals surface area (Å²) in [6.45, 7) is 5.25. The third-order valence-electron chi connectivity index (χ3n) is 6.57. The van der Waals surface area contributed by atoms with E-state index in [0.29, 0.717) is 6.61 Å². The van der Waals surface area contributed by atoms with Gasteiger partial charge < -0.3 is 5.11 Å². The lowest BCUT2D eigenvalue weighted by Gasteiger charge is -2.49. The van der Waals surface area contributed by atoms with Gasteiger partial charge >= 0.3 is 0 Å². The van der Waals surface area contributed by atoms with E-state index in [4.69, 9.17) is 0 Å². The Kier molecular flexibility index (Phi) is 4.72. The van der Waals surface area contributed by atoms with Crippen LogP contribution in [-0.2, 0) is 0 Å². The van der Waals surface area contributed by atoms with Crippen LogP contribution in [0.3, 0.4) is 0 Å². The van der Waals surface area contributed by atoms with E-state index in [-0.39, 0.29) is 5.41 Å². The van der Waals surface area contributed by atoms with Crippen molar-refractivity contribution in [2.24, 2.45) is 17.3 Å². The smallest absolute Gasteiger partial charge is 0.0499 e. The molecule has 0 radical (unpaired) electrons. The van der Waals surface area contributed by atoms with Crippen LogP contribution in [0, 0.1) is 17.3 Å². The van der Waals surface area contributed by atoms with Gasteiger partial charge in [0.2, 0.25) is 0 Å². The highest BCUT2D eigenvalue weighted by Gasteiger charge is 2.40. The van der Waals surface area contributed by atoms with Crippen LogP contribution < -0.4 is 0 Å². The van der Waals surface area contributed by atoms with E-state index in [1.807, 2.05) is 0 Å². The Morgan fingerprint density at radius 1 is 1.00 bits per heavy atom. The van der Waals surface area contributed by atoms with Crippen molar-refractivity contribution < 1.29 is 5.11 Å². The number of rotatable bonds is 3. The van der Waals surface area contributed by atoms with Crippen molar-refractivity contribution in [1.82, 2.24) is 4.90 Å². The zero-order chi connectivity index (χ0) is 14.0. The fourth-order valence-corrected chi connectivity index (χ4v) is 5.10. The van der Waals surface area contributed by atoms with E-state index < -0.39 is 0 Å². The third-order valence-corrected chi connectivity index (χ3v) is 6.57. The number of aliphatic hydroxyl groups is 1.